The van der Waals surface area contributed by atoms with Gasteiger partial charge in [0.2, 0.25) is 0 Å². The first-order valence-electron chi connectivity index (χ1n) is 22.6. The van der Waals surface area contributed by atoms with Crippen LogP contribution in [-0.4, -0.2) is 11.6 Å². The number of unbranched alkanes of at least 4 members (excludes halogenated alkanes) is 22. The summed E-state index contributed by atoms with van der Waals surface area (Å²) in [5, 5.41) is 0. The first-order valence-corrected chi connectivity index (χ1v) is 22.6. The normalized spacial score (nSPS) is 13.0. The van der Waals surface area contributed by atoms with Gasteiger partial charge >= 0.3 is 0 Å². The maximum absolute atomic E-state index is 13.6. The van der Waals surface area contributed by atoms with Crippen LogP contribution in [0.1, 0.15) is 266 Å². The second-order valence-corrected chi connectivity index (χ2v) is 16.0. The Morgan fingerprint density at radius 3 is 1.17 bits per heavy atom. The summed E-state index contributed by atoms with van der Waals surface area (Å²) >= 11 is 0. The molecule has 0 aromatic rings. The first-order chi connectivity index (χ1) is 23.5. The lowest BCUT2D eigenvalue weighted by atomic mass is 9.77. The molecule has 0 bridgehead atoms. The molecule has 0 aromatic carbocycles. The van der Waals surface area contributed by atoms with Crippen molar-refractivity contribution in [3.8, 4) is 0 Å². The van der Waals surface area contributed by atoms with Gasteiger partial charge in [0.1, 0.15) is 11.6 Å². The van der Waals surface area contributed by atoms with Crippen LogP contribution in [0, 0.1) is 17.8 Å². The molecule has 0 spiro atoms. The molecule has 0 aliphatic rings. The predicted molar refractivity (Wildman–Crippen MR) is 215 cm³/mol. The molecule has 0 fully saturated rings. The monoisotopic (exact) mass is 675 g/mol. The van der Waals surface area contributed by atoms with Crippen LogP contribution in [0.15, 0.2) is 0 Å². The maximum Gasteiger partial charge on any atom is 0.136 e. The van der Waals surface area contributed by atoms with Crippen LogP contribution in [0.25, 0.3) is 0 Å². The van der Waals surface area contributed by atoms with Crippen LogP contribution >= 0.6 is 0 Å². The first kappa shape index (κ1) is 47.3. The molecule has 0 radical (unpaired) electrons. The van der Waals surface area contributed by atoms with Gasteiger partial charge in [-0.3, -0.25) is 9.59 Å². The Morgan fingerprint density at radius 1 is 0.354 bits per heavy atom. The fourth-order valence-corrected chi connectivity index (χ4v) is 8.02. The SMILES string of the molecule is CCCCCCCCC(CCCCCCCCC(=O)CC(CCCCCC)CCCCCC)C(CCCCC)C(=O)CCCCCCC. The number of hydrogen-bond donors (Lipinski definition) is 0. The Bertz CT molecular complexity index is 657. The molecule has 286 valence electrons. The van der Waals surface area contributed by atoms with Crippen LogP contribution in [-0.2, 0) is 9.59 Å². The number of rotatable bonds is 40. The zero-order chi connectivity index (χ0) is 35.3. The lowest BCUT2D eigenvalue weighted by Gasteiger charge is -2.27. The maximum atomic E-state index is 13.6. The van der Waals surface area contributed by atoms with E-state index >= 15 is 0 Å². The van der Waals surface area contributed by atoms with Gasteiger partial charge in [0.05, 0.1) is 0 Å². The predicted octanol–water partition coefficient (Wildman–Crippen LogP) is 16.1. The molecule has 0 N–H and O–H groups in total. The van der Waals surface area contributed by atoms with Crippen molar-refractivity contribution in [1.29, 1.82) is 0 Å². The highest BCUT2D eigenvalue weighted by Crippen LogP contribution is 2.32. The van der Waals surface area contributed by atoms with Crippen LogP contribution in [0.3, 0.4) is 0 Å². The van der Waals surface area contributed by atoms with Gasteiger partial charge in [0, 0.05) is 25.2 Å². The lowest BCUT2D eigenvalue weighted by molar-refractivity contribution is -0.125. The van der Waals surface area contributed by atoms with Gasteiger partial charge < -0.3 is 0 Å². The Balaban J connectivity index is 4.71. The Hall–Kier alpha value is -0.660. The Morgan fingerprint density at radius 2 is 0.688 bits per heavy atom. The number of ketones is 2. The smallest absolute Gasteiger partial charge is 0.136 e. The van der Waals surface area contributed by atoms with Crippen molar-refractivity contribution in [2.45, 2.75) is 266 Å². The molecule has 0 rings (SSSR count). The second-order valence-electron chi connectivity index (χ2n) is 16.0. The van der Waals surface area contributed by atoms with E-state index < -0.39 is 0 Å². The molecular weight excluding hydrogens is 585 g/mol. The quantitative estimate of drug-likeness (QED) is 0.0606. The van der Waals surface area contributed by atoms with Crippen molar-refractivity contribution in [3.63, 3.8) is 0 Å². The van der Waals surface area contributed by atoms with Crippen molar-refractivity contribution in [3.05, 3.63) is 0 Å². The van der Waals surface area contributed by atoms with Gasteiger partial charge in [-0.15, -0.1) is 0 Å². The van der Waals surface area contributed by atoms with E-state index in [-0.39, 0.29) is 0 Å². The molecule has 0 saturated carbocycles. The van der Waals surface area contributed by atoms with E-state index in [0.29, 0.717) is 29.3 Å². The third-order valence-electron chi connectivity index (χ3n) is 11.3. The van der Waals surface area contributed by atoms with E-state index in [1.54, 1.807) is 0 Å². The molecule has 0 heterocycles. The molecular formula is C46H90O2. The fraction of sp³-hybridized carbons (Fsp3) is 0.957. The molecule has 2 heteroatoms. The fourth-order valence-electron chi connectivity index (χ4n) is 8.02. The summed E-state index contributed by atoms with van der Waals surface area (Å²) in [7, 11) is 0. The number of Topliss-reactive ketones (excluding diaryl/α,β-unsaturated/α-hetero) is 2. The number of carbonyl (C=O) groups is 2. The molecule has 0 aliphatic carbocycles. The van der Waals surface area contributed by atoms with Gasteiger partial charge in [0.15, 0.2) is 0 Å². The van der Waals surface area contributed by atoms with Gasteiger partial charge in [-0.1, -0.05) is 214 Å². The van der Waals surface area contributed by atoms with E-state index in [0.717, 1.165) is 38.5 Å². The second kappa shape index (κ2) is 37.6. The summed E-state index contributed by atoms with van der Waals surface area (Å²) in [4.78, 5) is 26.5. The minimum Gasteiger partial charge on any atom is -0.300 e. The zero-order valence-electron chi connectivity index (χ0n) is 34.0. The Kier molecular flexibility index (Phi) is 37.1. The highest BCUT2D eigenvalue weighted by molar-refractivity contribution is 5.81. The molecule has 0 amide bonds. The van der Waals surface area contributed by atoms with E-state index in [9.17, 15) is 9.59 Å². The van der Waals surface area contributed by atoms with Crippen LogP contribution < -0.4 is 0 Å². The molecule has 0 aliphatic heterocycles. The van der Waals surface area contributed by atoms with Crippen LogP contribution in [0.5, 0.6) is 0 Å². The molecule has 2 nitrogen and oxygen atoms in total. The van der Waals surface area contributed by atoms with E-state index in [2.05, 4.69) is 34.6 Å². The molecule has 2 atom stereocenters. The van der Waals surface area contributed by atoms with Crippen LogP contribution in [0.4, 0.5) is 0 Å². The highest BCUT2D eigenvalue weighted by Gasteiger charge is 2.26. The average molecular weight is 675 g/mol. The summed E-state index contributed by atoms with van der Waals surface area (Å²) in [5.41, 5.74) is 0. The van der Waals surface area contributed by atoms with Crippen molar-refractivity contribution in [2.24, 2.45) is 17.8 Å². The standard InChI is InChI=1S/C46H90O2/c1-6-11-16-20-24-30-36-43(45(39-27-15-10-5)46(48)40-33-23-17-12-7-2)37-31-25-21-22-26-32-38-44(47)41-42(34-28-18-13-8-3)35-29-19-14-9-4/h42-43,45H,6-41H2,1-5H3. The van der Waals surface area contributed by atoms with Gasteiger partial charge in [-0.25, -0.2) is 0 Å². The number of carbonyl (C=O) groups excluding carboxylic acids is 2. The topological polar surface area (TPSA) is 34.1 Å². The molecule has 0 saturated heterocycles. The van der Waals surface area contributed by atoms with E-state index in [4.69, 9.17) is 0 Å². The van der Waals surface area contributed by atoms with E-state index in [1.807, 2.05) is 0 Å². The molecule has 0 aromatic heterocycles. The summed E-state index contributed by atoms with van der Waals surface area (Å²) in [6.07, 6.45) is 44.7. The van der Waals surface area contributed by atoms with Gasteiger partial charge in [0.25, 0.3) is 0 Å². The van der Waals surface area contributed by atoms with Gasteiger partial charge in [-0.05, 0) is 43.9 Å². The summed E-state index contributed by atoms with van der Waals surface area (Å²) in [5.74, 6) is 2.69. The van der Waals surface area contributed by atoms with E-state index in [1.165, 1.54) is 193 Å². The minimum absolute atomic E-state index is 0.312. The third-order valence-corrected chi connectivity index (χ3v) is 11.3. The van der Waals surface area contributed by atoms with Crippen molar-refractivity contribution < 1.29 is 9.59 Å². The van der Waals surface area contributed by atoms with Crippen molar-refractivity contribution in [1.82, 2.24) is 0 Å². The van der Waals surface area contributed by atoms with Crippen molar-refractivity contribution in [2.75, 3.05) is 0 Å². The summed E-state index contributed by atoms with van der Waals surface area (Å²) in [6.45, 7) is 11.4. The zero-order valence-corrected chi connectivity index (χ0v) is 34.0. The summed E-state index contributed by atoms with van der Waals surface area (Å²) < 4.78 is 0. The third kappa shape index (κ3) is 30.2. The van der Waals surface area contributed by atoms with Crippen LogP contribution in [0.2, 0.25) is 0 Å². The Labute approximate surface area is 303 Å². The largest absolute Gasteiger partial charge is 0.300 e. The van der Waals surface area contributed by atoms with Gasteiger partial charge in [-0.2, -0.15) is 0 Å². The minimum atomic E-state index is 0.312. The summed E-state index contributed by atoms with van der Waals surface area (Å²) in [6, 6.07) is 0. The molecule has 2 unspecified atom stereocenters. The molecule has 48 heavy (non-hydrogen) atoms. The average Bonchev–Trinajstić information content (AvgIpc) is 3.08. The van der Waals surface area contributed by atoms with Crippen molar-refractivity contribution >= 4 is 11.6 Å². The highest BCUT2D eigenvalue weighted by atomic mass is 16.1. The lowest BCUT2D eigenvalue weighted by Crippen LogP contribution is -2.24. The number of hydrogen-bond acceptors (Lipinski definition) is 2.